The lowest BCUT2D eigenvalue weighted by Crippen LogP contribution is -2.27. The quantitative estimate of drug-likeness (QED) is 0.789. The lowest BCUT2D eigenvalue weighted by molar-refractivity contribution is 0.415. The highest BCUT2D eigenvalue weighted by Crippen LogP contribution is 2.28. The predicted octanol–water partition coefficient (Wildman–Crippen LogP) is 3.90. The van der Waals surface area contributed by atoms with Crippen LogP contribution in [-0.4, -0.2) is 35.4 Å². The molecule has 1 heterocycles. The third-order valence-electron chi connectivity index (χ3n) is 3.24. The van der Waals surface area contributed by atoms with E-state index in [1.165, 1.54) is 0 Å². The van der Waals surface area contributed by atoms with Crippen molar-refractivity contribution in [2.75, 3.05) is 30.4 Å². The first-order valence-corrected chi connectivity index (χ1v) is 8.11. The Morgan fingerprint density at radius 1 is 1.22 bits per heavy atom. The van der Waals surface area contributed by atoms with Gasteiger partial charge in [0.1, 0.15) is 5.75 Å². The molecule has 7 heteroatoms. The number of nitrogens with zero attached hydrogens (tertiary/aromatic N) is 4. The Morgan fingerprint density at radius 2 is 1.96 bits per heavy atom. The molecular weight excluding hydrogens is 314 g/mol. The molecule has 1 N–H and O–H groups in total. The van der Waals surface area contributed by atoms with Crippen molar-refractivity contribution >= 4 is 29.1 Å². The predicted molar refractivity (Wildman–Crippen MR) is 93.9 cm³/mol. The van der Waals surface area contributed by atoms with Gasteiger partial charge in [-0.05, 0) is 31.0 Å². The van der Waals surface area contributed by atoms with Crippen LogP contribution in [0.5, 0.6) is 5.75 Å². The number of rotatable bonds is 8. The molecule has 2 rings (SSSR count). The first-order valence-electron chi connectivity index (χ1n) is 7.73. The zero-order chi connectivity index (χ0) is 16.7. The molecule has 23 heavy (non-hydrogen) atoms. The van der Waals surface area contributed by atoms with E-state index in [-0.39, 0.29) is 0 Å². The summed E-state index contributed by atoms with van der Waals surface area (Å²) in [5, 5.41) is 11.9. The highest BCUT2D eigenvalue weighted by molar-refractivity contribution is 6.32. The van der Waals surface area contributed by atoms with Crippen LogP contribution in [0.3, 0.4) is 0 Å². The fraction of sp³-hybridized carbons (Fsp3) is 0.438. The van der Waals surface area contributed by atoms with E-state index >= 15 is 0 Å². The van der Waals surface area contributed by atoms with Crippen molar-refractivity contribution in [3.05, 3.63) is 29.4 Å². The molecule has 1 aromatic carbocycles. The van der Waals surface area contributed by atoms with Crippen LogP contribution >= 0.6 is 11.6 Å². The average molecular weight is 336 g/mol. The lowest BCUT2D eigenvalue weighted by atomic mass is 10.3. The van der Waals surface area contributed by atoms with Gasteiger partial charge in [0.05, 0.1) is 18.3 Å². The molecule has 2 aromatic rings. The molecule has 0 saturated carbocycles. The third-order valence-corrected chi connectivity index (χ3v) is 3.54. The molecule has 0 aliphatic carbocycles. The molecule has 0 saturated heterocycles. The Labute approximate surface area is 141 Å². The Kier molecular flexibility index (Phi) is 6.40. The van der Waals surface area contributed by atoms with Crippen molar-refractivity contribution in [2.24, 2.45) is 0 Å². The maximum absolute atomic E-state index is 6.14. The van der Waals surface area contributed by atoms with E-state index in [4.69, 9.17) is 16.3 Å². The normalized spacial score (nSPS) is 10.4. The van der Waals surface area contributed by atoms with Crippen LogP contribution in [0.25, 0.3) is 0 Å². The number of methoxy groups -OCH3 is 1. The lowest BCUT2D eigenvalue weighted by Gasteiger charge is -2.21. The summed E-state index contributed by atoms with van der Waals surface area (Å²) < 4.78 is 5.15. The number of halogens is 1. The van der Waals surface area contributed by atoms with Crippen LogP contribution in [0.15, 0.2) is 24.4 Å². The number of hydrogen-bond donors (Lipinski definition) is 1. The van der Waals surface area contributed by atoms with Crippen molar-refractivity contribution in [3.63, 3.8) is 0 Å². The molecule has 124 valence electrons. The van der Waals surface area contributed by atoms with Crippen molar-refractivity contribution in [3.8, 4) is 5.75 Å². The highest BCUT2D eigenvalue weighted by atomic mass is 35.5. The molecular formula is C16H22ClN5O. The largest absolute Gasteiger partial charge is 0.495 e. The summed E-state index contributed by atoms with van der Waals surface area (Å²) in [6, 6.07) is 5.47. The third kappa shape index (κ3) is 4.69. The second-order valence-corrected chi connectivity index (χ2v) is 5.51. The number of benzene rings is 1. The highest BCUT2D eigenvalue weighted by Gasteiger charge is 2.10. The van der Waals surface area contributed by atoms with Gasteiger partial charge in [-0.1, -0.05) is 25.4 Å². The van der Waals surface area contributed by atoms with E-state index in [1.54, 1.807) is 25.4 Å². The fourth-order valence-electron chi connectivity index (χ4n) is 2.23. The van der Waals surface area contributed by atoms with E-state index in [1.807, 2.05) is 6.07 Å². The molecule has 1 aromatic heterocycles. The van der Waals surface area contributed by atoms with Crippen LogP contribution in [-0.2, 0) is 0 Å². The number of nitrogens with one attached hydrogen (secondary N) is 1. The smallest absolute Gasteiger partial charge is 0.247 e. The summed E-state index contributed by atoms with van der Waals surface area (Å²) in [6.07, 6.45) is 3.67. The molecule has 0 unspecified atom stereocenters. The number of ether oxygens (including phenoxy) is 1. The van der Waals surface area contributed by atoms with Crippen molar-refractivity contribution < 1.29 is 4.74 Å². The van der Waals surface area contributed by atoms with Gasteiger partial charge in [0, 0.05) is 18.8 Å². The minimum absolute atomic E-state index is 0.540. The van der Waals surface area contributed by atoms with Gasteiger partial charge in [0.2, 0.25) is 5.95 Å². The van der Waals surface area contributed by atoms with Gasteiger partial charge in [0.25, 0.3) is 0 Å². The number of aromatic nitrogens is 3. The summed E-state index contributed by atoms with van der Waals surface area (Å²) in [4.78, 5) is 6.68. The summed E-state index contributed by atoms with van der Waals surface area (Å²) in [5.41, 5.74) is 0.819. The van der Waals surface area contributed by atoms with Crippen LogP contribution in [0.2, 0.25) is 5.02 Å². The van der Waals surface area contributed by atoms with Gasteiger partial charge < -0.3 is 15.0 Å². The van der Waals surface area contributed by atoms with Gasteiger partial charge in [0.15, 0.2) is 5.82 Å². The Hall–Kier alpha value is -2.08. The van der Waals surface area contributed by atoms with Crippen molar-refractivity contribution in [1.82, 2.24) is 15.2 Å². The first-order chi connectivity index (χ1) is 11.2. The number of hydrogen-bond acceptors (Lipinski definition) is 6. The van der Waals surface area contributed by atoms with E-state index in [0.717, 1.165) is 31.6 Å². The number of anilines is 3. The first kappa shape index (κ1) is 17.3. The zero-order valence-corrected chi connectivity index (χ0v) is 14.5. The van der Waals surface area contributed by atoms with Crippen molar-refractivity contribution in [1.29, 1.82) is 0 Å². The van der Waals surface area contributed by atoms with Crippen LogP contribution in [0.1, 0.15) is 26.7 Å². The molecule has 0 atom stereocenters. The molecule has 0 bridgehead atoms. The van der Waals surface area contributed by atoms with E-state index in [9.17, 15) is 0 Å². The maximum atomic E-state index is 6.14. The maximum Gasteiger partial charge on any atom is 0.247 e. The molecule has 0 aliphatic heterocycles. The molecule has 0 radical (unpaired) electrons. The summed E-state index contributed by atoms with van der Waals surface area (Å²) in [7, 11) is 1.59. The van der Waals surface area contributed by atoms with Crippen molar-refractivity contribution in [2.45, 2.75) is 26.7 Å². The Morgan fingerprint density at radius 3 is 2.57 bits per heavy atom. The monoisotopic (exact) mass is 335 g/mol. The average Bonchev–Trinajstić information content (AvgIpc) is 2.55. The minimum atomic E-state index is 0.540. The second kappa shape index (κ2) is 8.53. The van der Waals surface area contributed by atoms with Crippen LogP contribution in [0.4, 0.5) is 17.5 Å². The molecule has 0 aliphatic rings. The minimum Gasteiger partial charge on any atom is -0.495 e. The van der Waals surface area contributed by atoms with Gasteiger partial charge in [-0.3, -0.25) is 0 Å². The molecule has 0 fully saturated rings. The molecule has 0 spiro atoms. The van der Waals surface area contributed by atoms with E-state index in [0.29, 0.717) is 22.5 Å². The zero-order valence-electron chi connectivity index (χ0n) is 13.7. The standard InChI is InChI=1S/C16H22ClN5O/c1-4-8-22(9-5-2)16-20-15(11-18-21-16)19-12-6-7-14(23-3)13(17)10-12/h6-7,10-11H,4-5,8-9H2,1-3H3,(H,19,20,21). The van der Waals surface area contributed by atoms with E-state index < -0.39 is 0 Å². The fourth-order valence-corrected chi connectivity index (χ4v) is 2.49. The van der Waals surface area contributed by atoms with Gasteiger partial charge in [-0.2, -0.15) is 10.1 Å². The van der Waals surface area contributed by atoms with Gasteiger partial charge in [-0.25, -0.2) is 0 Å². The Bertz CT molecular complexity index is 632. The van der Waals surface area contributed by atoms with Crippen LogP contribution < -0.4 is 15.0 Å². The summed E-state index contributed by atoms with van der Waals surface area (Å²) >= 11 is 6.14. The SMILES string of the molecule is CCCN(CCC)c1nncc(Nc2ccc(OC)c(Cl)c2)n1. The topological polar surface area (TPSA) is 63.2 Å². The van der Waals surface area contributed by atoms with Gasteiger partial charge in [-0.15, -0.1) is 5.10 Å². The van der Waals surface area contributed by atoms with Gasteiger partial charge >= 0.3 is 0 Å². The van der Waals surface area contributed by atoms with Crippen LogP contribution in [0, 0.1) is 0 Å². The Balaban J connectivity index is 2.17. The molecule has 6 nitrogen and oxygen atoms in total. The summed E-state index contributed by atoms with van der Waals surface area (Å²) in [6.45, 7) is 6.09. The van der Waals surface area contributed by atoms with E-state index in [2.05, 4.69) is 39.2 Å². The molecule has 0 amide bonds. The second-order valence-electron chi connectivity index (χ2n) is 5.10. The summed E-state index contributed by atoms with van der Waals surface area (Å²) in [5.74, 6) is 1.91.